The Morgan fingerprint density at radius 3 is 2.20 bits per heavy atom. The number of hydrogen-bond donors (Lipinski definition) is 1. The summed E-state index contributed by atoms with van der Waals surface area (Å²) in [5, 5.41) is 9.61. The van der Waals surface area contributed by atoms with E-state index in [4.69, 9.17) is 0 Å². The fraction of sp³-hybridized carbons (Fsp3) is 0.455. The predicted molar refractivity (Wildman–Crippen MR) is 101 cm³/mol. The Hall–Kier alpha value is -3.03. The smallest absolute Gasteiger partial charge is 0.233 e. The van der Waals surface area contributed by atoms with Crippen LogP contribution in [0.15, 0.2) is 29.8 Å². The first-order valence-electron chi connectivity index (χ1n) is 10.0. The van der Waals surface area contributed by atoms with Gasteiger partial charge in [0.25, 0.3) is 0 Å². The van der Waals surface area contributed by atoms with Gasteiger partial charge in [-0.3, -0.25) is 29.0 Å². The molecule has 2 aliphatic carbocycles. The highest BCUT2D eigenvalue weighted by Crippen LogP contribution is 2.57. The fourth-order valence-corrected chi connectivity index (χ4v) is 5.99. The van der Waals surface area contributed by atoms with Gasteiger partial charge in [0.05, 0.1) is 23.7 Å². The van der Waals surface area contributed by atoms with Gasteiger partial charge in [-0.2, -0.15) is 0 Å². The third kappa shape index (κ3) is 2.30. The second kappa shape index (κ2) is 6.23. The molecular formula is C22H21FN2O5. The molecule has 0 radical (unpaired) electrons. The molecule has 156 valence electrons. The minimum atomic E-state index is -0.808. The molecule has 4 aliphatic rings. The fourth-order valence-electron chi connectivity index (χ4n) is 5.99. The Morgan fingerprint density at radius 1 is 0.900 bits per heavy atom. The second-order valence-corrected chi connectivity index (χ2v) is 8.71. The number of benzene rings is 1. The van der Waals surface area contributed by atoms with Crippen molar-refractivity contribution in [2.45, 2.75) is 18.8 Å². The molecule has 3 fully saturated rings. The maximum absolute atomic E-state index is 14.2. The van der Waals surface area contributed by atoms with Crippen LogP contribution >= 0.6 is 0 Å². The lowest BCUT2D eigenvalue weighted by molar-refractivity contribution is -0.140. The zero-order chi connectivity index (χ0) is 21.5. The van der Waals surface area contributed by atoms with Crippen LogP contribution in [0.3, 0.4) is 0 Å². The number of imide groups is 2. The van der Waals surface area contributed by atoms with E-state index in [-0.39, 0.29) is 29.5 Å². The molecule has 7 nitrogen and oxygen atoms in total. The molecule has 6 unspecified atom stereocenters. The zero-order valence-corrected chi connectivity index (χ0v) is 16.5. The molecular weight excluding hydrogens is 391 g/mol. The molecule has 6 atom stereocenters. The number of amides is 4. The Kier molecular flexibility index (Phi) is 3.94. The molecule has 1 aromatic rings. The average Bonchev–Trinajstić information content (AvgIpc) is 3.09. The van der Waals surface area contributed by atoms with E-state index >= 15 is 0 Å². The van der Waals surface area contributed by atoms with Gasteiger partial charge >= 0.3 is 0 Å². The van der Waals surface area contributed by atoms with Gasteiger partial charge in [0.1, 0.15) is 0 Å². The topological polar surface area (TPSA) is 95.0 Å². The lowest BCUT2D eigenvalue weighted by Crippen LogP contribution is -2.42. The number of aromatic hydroxyl groups is 1. The summed E-state index contributed by atoms with van der Waals surface area (Å²) in [6, 6.07) is 3.98. The number of phenols is 1. The van der Waals surface area contributed by atoms with Gasteiger partial charge in [0, 0.05) is 20.0 Å². The summed E-state index contributed by atoms with van der Waals surface area (Å²) >= 11 is 0. The molecule has 0 aromatic heterocycles. The molecule has 2 saturated heterocycles. The van der Waals surface area contributed by atoms with Crippen LogP contribution < -0.4 is 0 Å². The van der Waals surface area contributed by atoms with E-state index in [1.165, 1.54) is 26.2 Å². The number of hydrogen-bond acceptors (Lipinski definition) is 5. The standard InChI is InChI=1S/C22H21FN2O5/c1-24-19(27)11-5-4-10-12(17(11)21(24)29)8-13-18(22(30)25(2)20(13)28)16(10)9-3-6-15(26)14(23)7-9/h3-4,6-7,11-13,16-18,26H,5,8H2,1-2H3. The number of nitrogens with zero attached hydrogens (tertiary/aromatic N) is 2. The van der Waals surface area contributed by atoms with Crippen LogP contribution in [0.2, 0.25) is 0 Å². The van der Waals surface area contributed by atoms with Crippen LogP contribution in [0.5, 0.6) is 5.75 Å². The van der Waals surface area contributed by atoms with E-state index in [0.717, 1.165) is 15.4 Å². The van der Waals surface area contributed by atoms with Crippen LogP contribution in [0.1, 0.15) is 24.3 Å². The van der Waals surface area contributed by atoms with Crippen molar-refractivity contribution in [2.75, 3.05) is 14.1 Å². The molecule has 30 heavy (non-hydrogen) atoms. The van der Waals surface area contributed by atoms with E-state index in [2.05, 4.69) is 0 Å². The number of likely N-dealkylation sites (tertiary alicyclic amines) is 2. The molecule has 0 bridgehead atoms. The Balaban J connectivity index is 1.67. The first-order chi connectivity index (χ1) is 14.2. The summed E-state index contributed by atoms with van der Waals surface area (Å²) in [6.07, 6.45) is 2.59. The Labute approximate surface area is 172 Å². The van der Waals surface area contributed by atoms with Crippen LogP contribution in [-0.4, -0.2) is 52.6 Å². The Bertz CT molecular complexity index is 1050. The number of allylic oxidation sites excluding steroid dienone is 2. The van der Waals surface area contributed by atoms with Crippen molar-refractivity contribution in [3.63, 3.8) is 0 Å². The van der Waals surface area contributed by atoms with Crippen molar-refractivity contribution in [3.8, 4) is 5.75 Å². The number of phenolic OH excluding ortho intramolecular Hbond substituents is 1. The van der Waals surface area contributed by atoms with E-state index in [0.29, 0.717) is 18.4 Å². The largest absolute Gasteiger partial charge is 0.505 e. The summed E-state index contributed by atoms with van der Waals surface area (Å²) in [4.78, 5) is 53.5. The van der Waals surface area contributed by atoms with Crippen molar-refractivity contribution in [1.82, 2.24) is 9.80 Å². The normalized spacial score (nSPS) is 35.4. The van der Waals surface area contributed by atoms with Gasteiger partial charge in [-0.15, -0.1) is 0 Å². The maximum Gasteiger partial charge on any atom is 0.233 e. The number of fused-ring (bicyclic) bond motifs is 4. The van der Waals surface area contributed by atoms with Gasteiger partial charge < -0.3 is 5.11 Å². The van der Waals surface area contributed by atoms with Crippen molar-refractivity contribution >= 4 is 23.6 Å². The summed E-state index contributed by atoms with van der Waals surface area (Å²) in [6.45, 7) is 0. The molecule has 1 aromatic carbocycles. The van der Waals surface area contributed by atoms with Crippen molar-refractivity contribution < 1.29 is 28.7 Å². The molecule has 2 heterocycles. The summed E-state index contributed by atoms with van der Waals surface area (Å²) in [5.41, 5.74) is 1.30. The summed E-state index contributed by atoms with van der Waals surface area (Å²) < 4.78 is 14.2. The van der Waals surface area contributed by atoms with E-state index in [1.54, 1.807) is 6.07 Å². The van der Waals surface area contributed by atoms with Gasteiger partial charge in [-0.05, 0) is 36.5 Å². The summed E-state index contributed by atoms with van der Waals surface area (Å²) in [5.74, 6) is -5.71. The Morgan fingerprint density at radius 2 is 1.53 bits per heavy atom. The first-order valence-corrected chi connectivity index (χ1v) is 10.0. The highest BCUT2D eigenvalue weighted by molar-refractivity contribution is 6.07. The van der Waals surface area contributed by atoms with Gasteiger partial charge in [0.2, 0.25) is 23.6 Å². The van der Waals surface area contributed by atoms with Crippen molar-refractivity contribution in [2.24, 2.45) is 29.6 Å². The van der Waals surface area contributed by atoms with Gasteiger partial charge in [0.15, 0.2) is 11.6 Å². The minimum absolute atomic E-state index is 0.222. The molecule has 1 saturated carbocycles. The third-order valence-electron chi connectivity index (χ3n) is 7.42. The molecule has 4 amide bonds. The first kappa shape index (κ1) is 19.0. The average molecular weight is 412 g/mol. The van der Waals surface area contributed by atoms with Crippen LogP contribution in [0.4, 0.5) is 4.39 Å². The van der Waals surface area contributed by atoms with E-state index in [1.807, 2.05) is 6.08 Å². The molecule has 5 rings (SSSR count). The van der Waals surface area contributed by atoms with Crippen molar-refractivity contribution in [1.29, 1.82) is 0 Å². The SMILES string of the molecule is CN1C(=O)C2CC=C3C(CC4C(=O)N(C)C(=O)C4C3c3ccc(O)c(F)c3)C2C1=O. The number of rotatable bonds is 1. The number of carbonyl (C=O) groups excluding carboxylic acids is 4. The maximum atomic E-state index is 14.2. The van der Waals surface area contributed by atoms with Gasteiger partial charge in [-0.1, -0.05) is 17.7 Å². The molecule has 2 aliphatic heterocycles. The van der Waals surface area contributed by atoms with Crippen LogP contribution in [0, 0.1) is 35.4 Å². The van der Waals surface area contributed by atoms with Gasteiger partial charge in [-0.25, -0.2) is 4.39 Å². The highest BCUT2D eigenvalue weighted by Gasteiger charge is 2.60. The highest BCUT2D eigenvalue weighted by atomic mass is 19.1. The van der Waals surface area contributed by atoms with Crippen LogP contribution in [0.25, 0.3) is 0 Å². The van der Waals surface area contributed by atoms with Crippen LogP contribution in [-0.2, 0) is 19.2 Å². The number of halogens is 1. The third-order valence-corrected chi connectivity index (χ3v) is 7.42. The predicted octanol–water partition coefficient (Wildman–Crippen LogP) is 1.43. The molecule has 0 spiro atoms. The molecule has 8 heteroatoms. The summed E-state index contributed by atoms with van der Waals surface area (Å²) in [7, 11) is 2.91. The monoisotopic (exact) mass is 412 g/mol. The van der Waals surface area contributed by atoms with Crippen molar-refractivity contribution in [3.05, 3.63) is 41.2 Å². The quantitative estimate of drug-likeness (QED) is 0.556. The second-order valence-electron chi connectivity index (χ2n) is 8.71. The lowest BCUT2D eigenvalue weighted by atomic mass is 9.57. The minimum Gasteiger partial charge on any atom is -0.505 e. The zero-order valence-electron chi connectivity index (χ0n) is 16.5. The van der Waals surface area contributed by atoms with E-state index < -0.39 is 41.2 Å². The number of carbonyl (C=O) groups is 4. The van der Waals surface area contributed by atoms with E-state index in [9.17, 15) is 28.7 Å². The molecule has 1 N–H and O–H groups in total. The lowest BCUT2D eigenvalue weighted by Gasteiger charge is -2.44.